The number of phenolic OH excluding ortho intramolecular Hbond substituents is 1. The van der Waals surface area contributed by atoms with E-state index >= 15 is 4.39 Å². The number of hydrogen-bond donors (Lipinski definition) is 3. The van der Waals surface area contributed by atoms with Gasteiger partial charge in [0.05, 0.1) is 28.7 Å². The molecule has 61 heavy (non-hydrogen) atoms. The highest BCUT2D eigenvalue weighted by Crippen LogP contribution is 2.38. The number of carbonyl (C=O) groups excluding carboxylic acids is 3. The van der Waals surface area contributed by atoms with Gasteiger partial charge in [0.15, 0.2) is 5.82 Å². The van der Waals surface area contributed by atoms with E-state index in [4.69, 9.17) is 10.5 Å². The molecule has 0 bridgehead atoms. The molecule has 318 valence electrons. The van der Waals surface area contributed by atoms with E-state index in [1.165, 1.54) is 0 Å². The van der Waals surface area contributed by atoms with Gasteiger partial charge in [-0.1, -0.05) is 30.3 Å². The summed E-state index contributed by atoms with van der Waals surface area (Å²) in [6.45, 7) is 4.26. The number of hydrogen-bond acceptors (Lipinski definition) is 10. The number of halogens is 1. The predicted molar refractivity (Wildman–Crippen MR) is 231 cm³/mol. The third-order valence-electron chi connectivity index (χ3n) is 13.2. The Bertz CT molecular complexity index is 2430. The van der Waals surface area contributed by atoms with Gasteiger partial charge in [0.1, 0.15) is 11.4 Å². The second kappa shape index (κ2) is 16.8. The maximum Gasteiger partial charge on any atom is 0.328 e. The minimum absolute atomic E-state index is 0.0674. The first-order valence-corrected chi connectivity index (χ1v) is 21.3. The van der Waals surface area contributed by atoms with Crippen LogP contribution in [0.5, 0.6) is 5.75 Å². The Hall–Kier alpha value is -6.06. The number of ether oxygens (including phenoxy) is 1. The number of nitrogens with one attached hydrogen (secondary N) is 1. The molecule has 5 aromatic rings. The first-order valence-electron chi connectivity index (χ1n) is 21.3. The molecule has 4 fully saturated rings. The average Bonchev–Trinajstić information content (AvgIpc) is 3.72. The number of nitrogens with zero attached hydrogens (tertiary/aromatic N) is 7. The van der Waals surface area contributed by atoms with Gasteiger partial charge in [-0.2, -0.15) is 0 Å². The van der Waals surface area contributed by atoms with E-state index in [0.717, 1.165) is 60.2 Å². The zero-order valence-corrected chi connectivity index (χ0v) is 34.4. The number of alkyl halides is 1. The summed E-state index contributed by atoms with van der Waals surface area (Å²) in [5.41, 5.74) is 10.3. The van der Waals surface area contributed by atoms with Crippen molar-refractivity contribution in [3.05, 3.63) is 96.2 Å². The summed E-state index contributed by atoms with van der Waals surface area (Å²) in [5, 5.41) is 22.3. The van der Waals surface area contributed by atoms with Crippen molar-refractivity contribution < 1.29 is 28.6 Å². The summed E-state index contributed by atoms with van der Waals surface area (Å²) in [5.74, 6) is 0.161. The normalized spacial score (nSPS) is 21.5. The summed E-state index contributed by atoms with van der Waals surface area (Å²) in [6, 6.07) is 24.4. The van der Waals surface area contributed by atoms with Gasteiger partial charge >= 0.3 is 6.03 Å². The second-order valence-electron chi connectivity index (χ2n) is 17.0. The molecule has 0 saturated carbocycles. The number of urea groups is 1. The fourth-order valence-corrected chi connectivity index (χ4v) is 9.75. The van der Waals surface area contributed by atoms with Gasteiger partial charge in [0, 0.05) is 113 Å². The van der Waals surface area contributed by atoms with Gasteiger partial charge in [0.2, 0.25) is 5.91 Å². The lowest BCUT2D eigenvalue weighted by Gasteiger charge is -2.41. The van der Waals surface area contributed by atoms with Gasteiger partial charge in [0.25, 0.3) is 5.91 Å². The highest BCUT2D eigenvalue weighted by Gasteiger charge is 2.39. The van der Waals surface area contributed by atoms with Crippen LogP contribution in [0.25, 0.3) is 22.2 Å². The number of benzene rings is 3. The number of para-hydroxylation sites is 1. The quantitative estimate of drug-likeness (QED) is 0.158. The summed E-state index contributed by atoms with van der Waals surface area (Å²) in [4.78, 5) is 45.8. The molecule has 4 amide bonds. The van der Waals surface area contributed by atoms with Crippen LogP contribution in [0.1, 0.15) is 66.4 Å². The van der Waals surface area contributed by atoms with E-state index in [0.29, 0.717) is 74.7 Å². The number of piperidine rings is 3. The lowest BCUT2D eigenvalue weighted by atomic mass is 9.88. The molecule has 0 aliphatic carbocycles. The summed E-state index contributed by atoms with van der Waals surface area (Å²) < 4.78 is 24.5. The number of nitrogen functional groups attached to an aromatic ring is 1. The number of rotatable bonds is 9. The zero-order valence-electron chi connectivity index (χ0n) is 34.4. The van der Waals surface area contributed by atoms with Crippen molar-refractivity contribution in [1.29, 1.82) is 0 Å². The fourth-order valence-electron chi connectivity index (χ4n) is 9.75. The maximum atomic E-state index is 16.4. The number of amides is 4. The molecule has 14 nitrogen and oxygen atoms in total. The molecule has 0 radical (unpaired) electrons. The highest BCUT2D eigenvalue weighted by molar-refractivity contribution is 6.09. The number of nitrogens with two attached hydrogens (primary N) is 1. The van der Waals surface area contributed by atoms with Crippen LogP contribution in [-0.4, -0.2) is 119 Å². The summed E-state index contributed by atoms with van der Waals surface area (Å²) >= 11 is 0. The molecule has 2 aromatic heterocycles. The molecule has 4 saturated heterocycles. The number of methoxy groups -OCH3 is 1. The van der Waals surface area contributed by atoms with E-state index < -0.39 is 11.7 Å². The largest absolute Gasteiger partial charge is 0.507 e. The lowest BCUT2D eigenvalue weighted by Crippen LogP contribution is -2.51. The van der Waals surface area contributed by atoms with Crippen LogP contribution in [0.2, 0.25) is 0 Å². The fraction of sp³-hybridized carbons (Fsp3) is 0.413. The third kappa shape index (κ3) is 8.23. The van der Waals surface area contributed by atoms with E-state index in [1.807, 2.05) is 54.6 Å². The van der Waals surface area contributed by atoms with Gasteiger partial charge < -0.3 is 34.8 Å². The molecule has 2 atom stereocenters. The van der Waals surface area contributed by atoms with Gasteiger partial charge in [-0.15, -0.1) is 10.2 Å². The molecule has 6 heterocycles. The average molecular weight is 830 g/mol. The smallest absolute Gasteiger partial charge is 0.328 e. The van der Waals surface area contributed by atoms with Crippen molar-refractivity contribution in [1.82, 2.24) is 29.9 Å². The first-order chi connectivity index (χ1) is 29.6. The molecule has 15 heteroatoms. The second-order valence-corrected chi connectivity index (χ2v) is 17.0. The van der Waals surface area contributed by atoms with Crippen molar-refractivity contribution in [3.63, 3.8) is 0 Å². The predicted octanol–water partition coefficient (Wildman–Crippen LogP) is 6.12. The Labute approximate surface area is 354 Å². The van der Waals surface area contributed by atoms with Crippen LogP contribution in [0, 0.1) is 0 Å². The highest BCUT2D eigenvalue weighted by atomic mass is 19.1. The van der Waals surface area contributed by atoms with Crippen LogP contribution in [-0.2, 0) is 9.53 Å². The van der Waals surface area contributed by atoms with Crippen LogP contribution in [0.4, 0.5) is 26.4 Å². The molecule has 9 rings (SSSR count). The van der Waals surface area contributed by atoms with Crippen LogP contribution in [0.3, 0.4) is 0 Å². The lowest BCUT2D eigenvalue weighted by molar-refractivity contribution is -0.120. The van der Waals surface area contributed by atoms with Crippen LogP contribution in [0.15, 0.2) is 85.1 Å². The molecule has 3 aromatic carbocycles. The van der Waals surface area contributed by atoms with Crippen molar-refractivity contribution >= 4 is 45.9 Å². The third-order valence-corrected chi connectivity index (χ3v) is 13.2. The number of phenols is 1. The summed E-state index contributed by atoms with van der Waals surface area (Å²) in [6.07, 6.45) is 5.43. The van der Waals surface area contributed by atoms with E-state index in [1.54, 1.807) is 35.1 Å². The van der Waals surface area contributed by atoms with Crippen LogP contribution >= 0.6 is 0 Å². The van der Waals surface area contributed by atoms with Gasteiger partial charge in [-0.25, -0.2) is 9.18 Å². The van der Waals surface area contributed by atoms with E-state index in [2.05, 4.69) is 42.1 Å². The SMILES string of the molecule is CO[C@@H]1C[C@H](c2ccc(C(=O)N3CCC(F)(CN4CCC(n5ccc6c(N7CCC(=O)NC7=O)cccc65)CC4)CC3)cc2)CN(c2cc(-c3ccccc3O)nnc2N)C1. The van der Waals surface area contributed by atoms with E-state index in [-0.39, 0.29) is 42.0 Å². The molecule has 4 aliphatic rings. The molecule has 0 spiro atoms. The molecular weight excluding hydrogens is 778 g/mol. The Kier molecular flexibility index (Phi) is 11.1. The number of carbonyl (C=O) groups is 3. The minimum Gasteiger partial charge on any atom is -0.507 e. The van der Waals surface area contributed by atoms with Gasteiger partial charge in [-0.05, 0) is 73.4 Å². The Balaban J connectivity index is 0.785. The zero-order chi connectivity index (χ0) is 42.3. The monoisotopic (exact) mass is 829 g/mol. The van der Waals surface area contributed by atoms with Crippen molar-refractivity contribution in [3.8, 4) is 17.0 Å². The Morgan fingerprint density at radius 1 is 0.934 bits per heavy atom. The number of anilines is 3. The van der Waals surface area contributed by atoms with Crippen LogP contribution < -0.4 is 20.9 Å². The Morgan fingerprint density at radius 2 is 1.70 bits per heavy atom. The van der Waals surface area contributed by atoms with Crippen molar-refractivity contribution in [2.75, 3.05) is 75.0 Å². The number of aromatic hydroxyl groups is 1. The topological polar surface area (TPSA) is 162 Å². The Morgan fingerprint density at radius 3 is 2.44 bits per heavy atom. The number of aromatic nitrogens is 3. The van der Waals surface area contributed by atoms with Crippen molar-refractivity contribution in [2.45, 2.75) is 62.3 Å². The molecule has 0 unspecified atom stereocenters. The standard InChI is InChI=1S/C46H52FN9O5/c1-61-34-25-32(27-54(28-34)40-26-37(50-51-43(40)48)35-5-2-3-8-41(35)57)30-9-11-31(12-10-30)44(59)53-23-17-46(47,18-24-53)29-52-19-13-33(14-20-52)55-21-15-36-38(55)6-4-7-39(36)56-22-16-42(58)49-45(56)60/h2-12,15,21,26,32-34,57H,13-14,16-20,22-25,27-29H2,1H3,(H2,48,51)(H,49,58,60)/t32-,34+/m0/s1. The molecule has 4 N–H and O–H groups in total. The van der Waals surface area contributed by atoms with E-state index in [9.17, 15) is 19.5 Å². The number of fused-ring (bicyclic) bond motifs is 1. The summed E-state index contributed by atoms with van der Waals surface area (Å²) in [7, 11) is 1.70. The minimum atomic E-state index is -1.36. The van der Waals surface area contributed by atoms with Crippen molar-refractivity contribution in [2.24, 2.45) is 0 Å². The number of imide groups is 1. The molecule has 4 aliphatic heterocycles. The number of likely N-dealkylation sites (tertiary alicyclic amines) is 2. The first kappa shape index (κ1) is 40.4. The van der Waals surface area contributed by atoms with Gasteiger partial charge in [-0.3, -0.25) is 19.8 Å². The molecular formula is C46H52FN9O5. The maximum absolute atomic E-state index is 16.4.